The van der Waals surface area contributed by atoms with Crippen LogP contribution in [0.25, 0.3) is 16.3 Å². The van der Waals surface area contributed by atoms with Crippen molar-refractivity contribution in [3.8, 4) is 0 Å². The molecule has 0 amide bonds. The van der Waals surface area contributed by atoms with E-state index in [4.69, 9.17) is 0 Å². The summed E-state index contributed by atoms with van der Waals surface area (Å²) >= 11 is 0. The Morgan fingerprint density at radius 1 is 0.885 bits per heavy atom. The van der Waals surface area contributed by atoms with Crippen molar-refractivity contribution < 1.29 is 0 Å². The molecule has 4 rings (SSSR count). The van der Waals surface area contributed by atoms with Gasteiger partial charge in [0, 0.05) is 5.56 Å². The van der Waals surface area contributed by atoms with Crippen LogP contribution in [-0.4, -0.2) is 6.21 Å². The maximum absolute atomic E-state index is 4.47. The molecule has 0 spiro atoms. The molecule has 2 nitrogen and oxygen atoms in total. The van der Waals surface area contributed by atoms with Crippen molar-refractivity contribution in [2.24, 2.45) is 5.10 Å². The van der Waals surface area contributed by atoms with Gasteiger partial charge in [0.25, 0.3) is 0 Å². The Morgan fingerprint density at radius 2 is 1.65 bits per heavy atom. The molecule has 0 fully saturated rings. The van der Waals surface area contributed by atoms with E-state index in [2.05, 4.69) is 97.2 Å². The predicted molar refractivity (Wildman–Crippen MR) is 113 cm³/mol. The molecular weight excluding hydrogens is 316 g/mol. The van der Waals surface area contributed by atoms with Gasteiger partial charge in [-0.25, -0.2) is 0 Å². The largest absolute Gasteiger partial charge is 0.278 e. The minimum Gasteiger partial charge on any atom is -0.278 e. The molecule has 1 aliphatic carbocycles. The highest BCUT2D eigenvalue weighted by atomic mass is 15.3. The van der Waals surface area contributed by atoms with Crippen LogP contribution in [0.2, 0.25) is 0 Å². The summed E-state index contributed by atoms with van der Waals surface area (Å²) < 4.78 is 0. The molecule has 0 unspecified atom stereocenters. The first-order chi connectivity index (χ1) is 12.7. The maximum Gasteiger partial charge on any atom is 0.0568 e. The summed E-state index contributed by atoms with van der Waals surface area (Å²) in [7, 11) is 0. The van der Waals surface area contributed by atoms with Crippen molar-refractivity contribution >= 4 is 28.2 Å². The molecule has 26 heavy (non-hydrogen) atoms. The molecule has 3 aromatic carbocycles. The number of nitrogens with one attached hydrogen (secondary N) is 1. The summed E-state index contributed by atoms with van der Waals surface area (Å²) in [5.74, 6) is 0. The van der Waals surface area contributed by atoms with Crippen LogP contribution in [0.5, 0.6) is 0 Å². The third-order valence-electron chi connectivity index (χ3n) is 4.97. The van der Waals surface area contributed by atoms with Gasteiger partial charge in [0.15, 0.2) is 0 Å². The number of anilines is 1. The van der Waals surface area contributed by atoms with Gasteiger partial charge in [-0.1, -0.05) is 71.8 Å². The fourth-order valence-corrected chi connectivity index (χ4v) is 3.37. The SMILES string of the molecule is CC1=C(C)CC(c2ccccc2/C=N/Nc2ccc3ccccc3c2)=C1. The third kappa shape index (κ3) is 3.31. The average Bonchev–Trinajstić information content (AvgIpc) is 3.00. The van der Waals surface area contributed by atoms with Crippen molar-refractivity contribution in [2.45, 2.75) is 20.3 Å². The molecule has 0 atom stereocenters. The highest BCUT2D eigenvalue weighted by Crippen LogP contribution is 2.33. The normalized spacial score (nSPS) is 14.3. The van der Waals surface area contributed by atoms with Crippen LogP contribution in [0, 0.1) is 0 Å². The molecule has 3 aromatic rings. The quantitative estimate of drug-likeness (QED) is 0.431. The molecule has 0 radical (unpaired) electrons. The van der Waals surface area contributed by atoms with Crippen LogP contribution < -0.4 is 5.43 Å². The summed E-state index contributed by atoms with van der Waals surface area (Å²) in [6.07, 6.45) is 5.22. The van der Waals surface area contributed by atoms with Gasteiger partial charge in [0.1, 0.15) is 0 Å². The molecule has 0 heterocycles. The summed E-state index contributed by atoms with van der Waals surface area (Å²) in [6, 6.07) is 23.1. The van der Waals surface area contributed by atoms with E-state index < -0.39 is 0 Å². The summed E-state index contributed by atoms with van der Waals surface area (Å²) in [4.78, 5) is 0. The zero-order valence-corrected chi connectivity index (χ0v) is 15.2. The first kappa shape index (κ1) is 16.3. The minimum atomic E-state index is 0.992. The zero-order valence-electron chi connectivity index (χ0n) is 15.2. The molecule has 1 N–H and O–H groups in total. The van der Waals surface area contributed by atoms with Crippen LogP contribution in [-0.2, 0) is 0 Å². The Morgan fingerprint density at radius 3 is 2.46 bits per heavy atom. The number of hydrazone groups is 1. The Bertz CT molecular complexity index is 1050. The third-order valence-corrected chi connectivity index (χ3v) is 4.97. The molecule has 0 bridgehead atoms. The van der Waals surface area contributed by atoms with Gasteiger partial charge in [-0.3, -0.25) is 5.43 Å². The minimum absolute atomic E-state index is 0.992. The van der Waals surface area contributed by atoms with Gasteiger partial charge in [0.05, 0.1) is 11.9 Å². The van der Waals surface area contributed by atoms with E-state index in [1.807, 2.05) is 6.21 Å². The lowest BCUT2D eigenvalue weighted by atomic mass is 9.98. The molecule has 0 saturated carbocycles. The number of fused-ring (bicyclic) bond motifs is 1. The second-order valence-corrected chi connectivity index (χ2v) is 6.83. The molecule has 2 heteroatoms. The monoisotopic (exact) mass is 338 g/mol. The highest BCUT2D eigenvalue weighted by Gasteiger charge is 2.13. The van der Waals surface area contributed by atoms with Crippen LogP contribution in [0.15, 0.2) is 89.1 Å². The van der Waals surface area contributed by atoms with E-state index in [9.17, 15) is 0 Å². The van der Waals surface area contributed by atoms with E-state index in [1.54, 1.807) is 0 Å². The van der Waals surface area contributed by atoms with Crippen molar-refractivity contribution in [3.05, 3.63) is 95.1 Å². The van der Waals surface area contributed by atoms with Gasteiger partial charge in [-0.2, -0.15) is 5.10 Å². The lowest BCUT2D eigenvalue weighted by Gasteiger charge is -2.08. The van der Waals surface area contributed by atoms with E-state index in [0.717, 1.165) is 17.7 Å². The fourth-order valence-electron chi connectivity index (χ4n) is 3.37. The predicted octanol–water partition coefficient (Wildman–Crippen LogP) is 6.41. The highest BCUT2D eigenvalue weighted by molar-refractivity contribution is 5.91. The van der Waals surface area contributed by atoms with Crippen molar-refractivity contribution in [3.63, 3.8) is 0 Å². The van der Waals surface area contributed by atoms with E-state index >= 15 is 0 Å². The number of hydrogen-bond donors (Lipinski definition) is 1. The smallest absolute Gasteiger partial charge is 0.0568 e. The summed E-state index contributed by atoms with van der Waals surface area (Å²) in [5.41, 5.74) is 10.7. The molecule has 0 aliphatic heterocycles. The van der Waals surface area contributed by atoms with E-state index in [0.29, 0.717) is 0 Å². The van der Waals surface area contributed by atoms with Crippen LogP contribution in [0.4, 0.5) is 5.69 Å². The van der Waals surface area contributed by atoms with Crippen LogP contribution in [0.1, 0.15) is 31.4 Å². The maximum atomic E-state index is 4.47. The van der Waals surface area contributed by atoms with Crippen molar-refractivity contribution in [1.29, 1.82) is 0 Å². The van der Waals surface area contributed by atoms with E-state index in [1.165, 1.54) is 33.1 Å². The number of allylic oxidation sites excluding steroid dienone is 4. The molecule has 128 valence electrons. The topological polar surface area (TPSA) is 24.4 Å². The molecule has 1 aliphatic rings. The number of hydrogen-bond acceptors (Lipinski definition) is 2. The lowest BCUT2D eigenvalue weighted by molar-refractivity contribution is 1.22. The lowest BCUT2D eigenvalue weighted by Crippen LogP contribution is -1.95. The van der Waals surface area contributed by atoms with E-state index in [-0.39, 0.29) is 0 Å². The number of nitrogens with zero attached hydrogens (tertiary/aromatic N) is 1. The number of rotatable bonds is 4. The zero-order chi connectivity index (χ0) is 17.9. The standard InChI is InChI=1S/C24H22N2/c1-17-13-22(14-18(17)2)24-10-6-5-9-21(24)16-25-26-23-12-11-19-7-3-4-8-20(19)15-23/h3-13,15-16,26H,14H2,1-2H3/b25-16+. The Kier molecular flexibility index (Phi) is 4.40. The van der Waals surface area contributed by atoms with Gasteiger partial charge in [0.2, 0.25) is 0 Å². The molecule has 0 saturated heterocycles. The van der Waals surface area contributed by atoms with Crippen LogP contribution >= 0.6 is 0 Å². The van der Waals surface area contributed by atoms with Gasteiger partial charge in [-0.05, 0) is 54.3 Å². The van der Waals surface area contributed by atoms with Crippen molar-refractivity contribution in [2.75, 3.05) is 5.43 Å². The van der Waals surface area contributed by atoms with Gasteiger partial charge >= 0.3 is 0 Å². The van der Waals surface area contributed by atoms with Crippen molar-refractivity contribution in [1.82, 2.24) is 0 Å². The Labute approximate surface area is 154 Å². The first-order valence-corrected chi connectivity index (χ1v) is 8.95. The molecular formula is C24H22N2. The second kappa shape index (κ2) is 7.01. The second-order valence-electron chi connectivity index (χ2n) is 6.83. The van der Waals surface area contributed by atoms with Gasteiger partial charge in [-0.15, -0.1) is 0 Å². The number of benzene rings is 3. The van der Waals surface area contributed by atoms with Crippen LogP contribution in [0.3, 0.4) is 0 Å². The fraction of sp³-hybridized carbons (Fsp3) is 0.125. The first-order valence-electron chi connectivity index (χ1n) is 8.95. The summed E-state index contributed by atoms with van der Waals surface area (Å²) in [6.45, 7) is 4.39. The summed E-state index contributed by atoms with van der Waals surface area (Å²) in [5, 5.41) is 6.92. The Hall–Kier alpha value is -3.13. The average molecular weight is 338 g/mol. The Balaban J connectivity index is 1.55. The van der Waals surface area contributed by atoms with Gasteiger partial charge < -0.3 is 0 Å². The molecule has 0 aromatic heterocycles.